The number of fused-ring (bicyclic) bond motifs is 2. The summed E-state index contributed by atoms with van der Waals surface area (Å²) in [5.74, 6) is -3.83. The molecule has 0 aromatic heterocycles. The number of rotatable bonds is 8. The topological polar surface area (TPSA) is 144 Å². The Balaban J connectivity index is 1.51. The lowest BCUT2D eigenvalue weighted by Crippen LogP contribution is -2.59. The molecule has 0 saturated carbocycles. The molecule has 1 spiro atoms. The number of anilines is 1. The number of ether oxygens (including phenoxy) is 4. The zero-order valence-corrected chi connectivity index (χ0v) is 30.7. The van der Waals surface area contributed by atoms with Gasteiger partial charge in [0, 0.05) is 30.2 Å². The summed E-state index contributed by atoms with van der Waals surface area (Å²) in [7, 11) is 3.05. The van der Waals surface area contributed by atoms with Gasteiger partial charge in [0.15, 0.2) is 0 Å². The second kappa shape index (κ2) is 15.3. The Labute approximate surface area is 305 Å². The minimum absolute atomic E-state index is 0.0443. The molecule has 6 rings (SSSR count). The Morgan fingerprint density at radius 3 is 2.37 bits per heavy atom. The maximum atomic E-state index is 15.1. The molecule has 4 aliphatic rings. The summed E-state index contributed by atoms with van der Waals surface area (Å²) < 4.78 is 24.3. The van der Waals surface area contributed by atoms with Crippen molar-refractivity contribution in [3.05, 3.63) is 82.9 Å². The number of likely N-dealkylation sites (tertiary alicyclic amines) is 1. The van der Waals surface area contributed by atoms with Crippen LogP contribution in [0.4, 0.5) is 5.69 Å². The molecule has 4 heterocycles. The molecule has 8 atom stereocenters. The molecular formula is C38H44BrN3O9. The quantitative estimate of drug-likeness (QED) is 0.304. The van der Waals surface area contributed by atoms with Crippen molar-refractivity contribution in [1.82, 2.24) is 10.2 Å². The van der Waals surface area contributed by atoms with Gasteiger partial charge in [-0.15, -0.1) is 0 Å². The van der Waals surface area contributed by atoms with Crippen LogP contribution in [0, 0.1) is 17.8 Å². The summed E-state index contributed by atoms with van der Waals surface area (Å²) in [6.07, 6.45) is 4.01. The minimum Gasteiger partial charge on any atom is -0.497 e. The van der Waals surface area contributed by atoms with Crippen molar-refractivity contribution in [2.24, 2.45) is 17.8 Å². The number of esters is 1. The number of halogens is 1. The van der Waals surface area contributed by atoms with Crippen LogP contribution >= 0.6 is 15.9 Å². The minimum atomic E-state index is -1.55. The molecule has 51 heavy (non-hydrogen) atoms. The molecular weight excluding hydrogens is 722 g/mol. The monoisotopic (exact) mass is 765 g/mol. The fourth-order valence-electron chi connectivity index (χ4n) is 7.82. The smallest absolute Gasteiger partial charge is 0.313 e. The fraction of sp³-hybridized carbons (Fsp3) is 0.474. The van der Waals surface area contributed by atoms with Crippen LogP contribution in [0.1, 0.15) is 38.4 Å². The molecule has 5 bridgehead atoms. The van der Waals surface area contributed by atoms with Crippen LogP contribution in [0.25, 0.3) is 0 Å². The van der Waals surface area contributed by atoms with Crippen molar-refractivity contribution < 1.29 is 43.2 Å². The first kappa shape index (κ1) is 36.7. The normalized spacial score (nSPS) is 30.9. The van der Waals surface area contributed by atoms with E-state index in [1.165, 1.54) is 12.0 Å². The number of hydrogen-bond acceptors (Lipinski definition) is 9. The van der Waals surface area contributed by atoms with Gasteiger partial charge in [-0.1, -0.05) is 72.3 Å². The highest BCUT2D eigenvalue weighted by atomic mass is 79.9. The van der Waals surface area contributed by atoms with Gasteiger partial charge in [-0.2, -0.15) is 0 Å². The summed E-state index contributed by atoms with van der Waals surface area (Å²) in [5.41, 5.74) is -0.380. The summed E-state index contributed by atoms with van der Waals surface area (Å²) in [5, 5.41) is 13.7. The van der Waals surface area contributed by atoms with Gasteiger partial charge in [0.25, 0.3) is 5.91 Å². The van der Waals surface area contributed by atoms with Gasteiger partial charge in [-0.3, -0.25) is 19.2 Å². The molecule has 4 aliphatic heterocycles. The standard InChI is InChI=1S/C38H44BrN3O9/c1-22(2)28(20-43)42-34-36(46)41(24-14-16-25(49-4)17-15-24)18-10-6-9-13-29(44)40-27(21-48-3)32(23-11-7-5-8-12-23)50-37(47)30-31(35(42)45)38(34)19-26(39)33(30)51-38/h5-8,10-12,14-17,19,22,27-28,30-34,43H,9,13,18,20-21H2,1-4H3,(H,40,44)/b10-6-/t27-,28-,30+,31-,32-,33+,34+,38-/m0/s1. The van der Waals surface area contributed by atoms with Crippen molar-refractivity contribution >= 4 is 45.3 Å². The molecule has 2 saturated heterocycles. The van der Waals surface area contributed by atoms with Gasteiger partial charge in [-0.05, 0) is 48.2 Å². The van der Waals surface area contributed by atoms with Crippen molar-refractivity contribution in [3.63, 3.8) is 0 Å². The SMILES string of the molecule is COC[C@@H]1NC(=O)CC/C=C\CN(c2ccc(OC)cc2)C(=O)[C@H]2N([C@@H](CO)C(C)C)C(=O)[C@@H]3[C@@H](C(=O)O[C@H]1c1ccccc1)[C@@H]1O[C@@]32C=C1Br. The highest BCUT2D eigenvalue weighted by Crippen LogP contribution is 2.59. The largest absolute Gasteiger partial charge is 0.497 e. The maximum Gasteiger partial charge on any atom is 0.313 e. The van der Waals surface area contributed by atoms with E-state index in [4.69, 9.17) is 18.9 Å². The number of amides is 3. The van der Waals surface area contributed by atoms with E-state index in [-0.39, 0.29) is 31.4 Å². The van der Waals surface area contributed by atoms with Crippen LogP contribution in [0.15, 0.2) is 77.3 Å². The summed E-state index contributed by atoms with van der Waals surface area (Å²) in [6, 6.07) is 13.3. The number of nitrogens with one attached hydrogen (secondary N) is 1. The van der Waals surface area contributed by atoms with Crippen LogP contribution in [-0.4, -0.2) is 97.5 Å². The zero-order chi connectivity index (χ0) is 36.4. The lowest BCUT2D eigenvalue weighted by Gasteiger charge is -2.40. The van der Waals surface area contributed by atoms with Crippen molar-refractivity contribution in [3.8, 4) is 5.75 Å². The van der Waals surface area contributed by atoms with Gasteiger partial charge in [0.1, 0.15) is 35.5 Å². The fourth-order valence-corrected chi connectivity index (χ4v) is 8.56. The zero-order valence-electron chi connectivity index (χ0n) is 29.1. The van der Waals surface area contributed by atoms with Crippen LogP contribution in [0.5, 0.6) is 5.75 Å². The Kier molecular flexibility index (Phi) is 11.0. The molecule has 2 fully saturated rings. The van der Waals surface area contributed by atoms with E-state index in [0.717, 1.165) is 0 Å². The Morgan fingerprint density at radius 2 is 1.73 bits per heavy atom. The molecule has 0 aliphatic carbocycles. The highest BCUT2D eigenvalue weighted by molar-refractivity contribution is 9.11. The van der Waals surface area contributed by atoms with Gasteiger partial charge in [-0.25, -0.2) is 0 Å². The molecule has 13 heteroatoms. The average Bonchev–Trinajstić information content (AvgIpc) is 3.72. The maximum absolute atomic E-state index is 15.1. The first-order valence-electron chi connectivity index (χ1n) is 17.2. The van der Waals surface area contributed by atoms with Gasteiger partial charge >= 0.3 is 5.97 Å². The van der Waals surface area contributed by atoms with E-state index >= 15 is 4.79 Å². The lowest BCUT2D eigenvalue weighted by molar-refractivity contribution is -0.162. The lowest BCUT2D eigenvalue weighted by atomic mass is 9.74. The number of methoxy groups -OCH3 is 2. The number of aliphatic hydroxyl groups is 1. The predicted octanol–water partition coefficient (Wildman–Crippen LogP) is 3.68. The van der Waals surface area contributed by atoms with Gasteiger partial charge < -0.3 is 39.2 Å². The molecule has 2 aromatic rings. The summed E-state index contributed by atoms with van der Waals surface area (Å²) in [4.78, 5) is 60.8. The number of hydrogen-bond donors (Lipinski definition) is 2. The van der Waals surface area contributed by atoms with E-state index in [1.54, 1.807) is 66.6 Å². The highest BCUT2D eigenvalue weighted by Gasteiger charge is 2.75. The van der Waals surface area contributed by atoms with E-state index in [9.17, 15) is 19.5 Å². The van der Waals surface area contributed by atoms with Crippen molar-refractivity contribution in [2.45, 2.75) is 62.6 Å². The van der Waals surface area contributed by atoms with E-state index in [2.05, 4.69) is 21.2 Å². The summed E-state index contributed by atoms with van der Waals surface area (Å²) >= 11 is 3.60. The third-order valence-corrected chi connectivity index (χ3v) is 10.9. The number of allylic oxidation sites excluding steroid dienone is 1. The number of cyclic esters (lactones) is 1. The third kappa shape index (κ3) is 6.72. The van der Waals surface area contributed by atoms with Crippen molar-refractivity contribution in [1.29, 1.82) is 0 Å². The number of benzene rings is 2. The summed E-state index contributed by atoms with van der Waals surface area (Å²) in [6.45, 7) is 3.49. The molecule has 3 amide bonds. The molecule has 2 aromatic carbocycles. The molecule has 272 valence electrons. The number of carbonyl (C=O) groups is 4. The molecule has 0 unspecified atom stereocenters. The predicted molar refractivity (Wildman–Crippen MR) is 191 cm³/mol. The van der Waals surface area contributed by atoms with Gasteiger partial charge in [0.2, 0.25) is 11.8 Å². The second-order valence-electron chi connectivity index (χ2n) is 13.6. The van der Waals surface area contributed by atoms with Crippen LogP contribution < -0.4 is 15.0 Å². The van der Waals surface area contributed by atoms with E-state index < -0.39 is 72.2 Å². The van der Waals surface area contributed by atoms with Crippen LogP contribution in [0.3, 0.4) is 0 Å². The molecule has 2 N–H and O–H groups in total. The molecule has 0 radical (unpaired) electrons. The third-order valence-electron chi connectivity index (χ3n) is 10.3. The van der Waals surface area contributed by atoms with Crippen LogP contribution in [0.2, 0.25) is 0 Å². The number of carbonyl (C=O) groups excluding carboxylic acids is 4. The number of aliphatic hydroxyl groups excluding tert-OH is 1. The Bertz CT molecular complexity index is 1680. The molecule has 12 nitrogen and oxygen atoms in total. The van der Waals surface area contributed by atoms with Crippen LogP contribution in [-0.2, 0) is 33.4 Å². The van der Waals surface area contributed by atoms with E-state index in [1.807, 2.05) is 32.1 Å². The Hall–Kier alpha value is -4.04. The van der Waals surface area contributed by atoms with E-state index in [0.29, 0.717) is 27.9 Å². The number of nitrogens with zero attached hydrogens (tertiary/aromatic N) is 2. The average molecular weight is 767 g/mol. The van der Waals surface area contributed by atoms with Gasteiger partial charge in [0.05, 0.1) is 38.3 Å². The second-order valence-corrected chi connectivity index (χ2v) is 14.5. The first-order valence-corrected chi connectivity index (χ1v) is 18.0. The van der Waals surface area contributed by atoms with Crippen molar-refractivity contribution in [2.75, 3.05) is 38.9 Å². The first-order chi connectivity index (χ1) is 24.6. The Morgan fingerprint density at radius 1 is 1.00 bits per heavy atom.